The molecule has 2 aromatic rings. The lowest BCUT2D eigenvalue weighted by Gasteiger charge is -2.10. The summed E-state index contributed by atoms with van der Waals surface area (Å²) in [6.07, 6.45) is 2.17. The van der Waals surface area contributed by atoms with Crippen LogP contribution in [0.1, 0.15) is 18.2 Å². The number of benzene rings is 1. The fourth-order valence-corrected chi connectivity index (χ4v) is 2.55. The number of hydrogen-bond donors (Lipinski definition) is 1. The van der Waals surface area contributed by atoms with Crippen molar-refractivity contribution in [2.75, 3.05) is 0 Å². The Morgan fingerprint density at radius 2 is 2.28 bits per heavy atom. The number of aryl methyl sites for hydroxylation is 1. The second-order valence-corrected chi connectivity index (χ2v) is 5.23. The van der Waals surface area contributed by atoms with Crippen LogP contribution in [0.15, 0.2) is 39.0 Å². The molecule has 0 spiro atoms. The highest BCUT2D eigenvalue weighted by atomic mass is 32.2. The van der Waals surface area contributed by atoms with Gasteiger partial charge in [0.05, 0.1) is 10.6 Å². The quantitative estimate of drug-likeness (QED) is 0.923. The van der Waals surface area contributed by atoms with E-state index < -0.39 is 0 Å². The van der Waals surface area contributed by atoms with Crippen molar-refractivity contribution in [3.63, 3.8) is 0 Å². The summed E-state index contributed by atoms with van der Waals surface area (Å²) >= 11 is 1.20. The number of nitrogens with zero attached hydrogens (tertiary/aromatic N) is 1. The first-order chi connectivity index (χ1) is 8.56. The maximum absolute atomic E-state index is 13.9. The monoisotopic (exact) mass is 266 g/mol. The Kier molecular flexibility index (Phi) is 4.04. The molecule has 1 aromatic heterocycles. The summed E-state index contributed by atoms with van der Waals surface area (Å²) in [4.78, 5) is 4.70. The molecule has 5 heteroatoms. The van der Waals surface area contributed by atoms with Crippen molar-refractivity contribution < 1.29 is 8.81 Å². The summed E-state index contributed by atoms with van der Waals surface area (Å²) in [6, 6.07) is 4.99. The van der Waals surface area contributed by atoms with Gasteiger partial charge in [-0.25, -0.2) is 9.37 Å². The molecular formula is C13H15FN2OS. The molecule has 0 radical (unpaired) electrons. The predicted molar refractivity (Wildman–Crippen MR) is 69.1 cm³/mol. The van der Waals surface area contributed by atoms with Gasteiger partial charge in [-0.15, -0.1) is 0 Å². The second-order valence-electron chi connectivity index (χ2n) is 4.27. The average molecular weight is 266 g/mol. The van der Waals surface area contributed by atoms with Crippen molar-refractivity contribution in [3.8, 4) is 0 Å². The first kappa shape index (κ1) is 13.1. The van der Waals surface area contributed by atoms with E-state index in [4.69, 9.17) is 10.2 Å². The normalized spacial score (nSPS) is 12.7. The van der Waals surface area contributed by atoms with Crippen molar-refractivity contribution in [1.29, 1.82) is 0 Å². The van der Waals surface area contributed by atoms with Crippen LogP contribution < -0.4 is 5.73 Å². The van der Waals surface area contributed by atoms with E-state index in [9.17, 15) is 4.39 Å². The second kappa shape index (κ2) is 5.54. The summed E-state index contributed by atoms with van der Waals surface area (Å²) in [5, 5.41) is 0.448. The molecule has 18 heavy (non-hydrogen) atoms. The average Bonchev–Trinajstić information content (AvgIpc) is 2.68. The van der Waals surface area contributed by atoms with Crippen LogP contribution in [-0.4, -0.2) is 11.0 Å². The maximum atomic E-state index is 13.9. The van der Waals surface area contributed by atoms with E-state index in [0.717, 1.165) is 11.3 Å². The Balaban J connectivity index is 2.30. The van der Waals surface area contributed by atoms with Crippen molar-refractivity contribution in [3.05, 3.63) is 41.5 Å². The van der Waals surface area contributed by atoms with Gasteiger partial charge in [-0.05, 0) is 43.7 Å². The Hall–Kier alpha value is -1.33. The number of halogens is 1. The zero-order chi connectivity index (χ0) is 13.1. The van der Waals surface area contributed by atoms with Crippen LogP contribution in [0.2, 0.25) is 0 Å². The molecule has 0 saturated heterocycles. The number of rotatable bonds is 4. The van der Waals surface area contributed by atoms with E-state index in [1.807, 2.05) is 19.9 Å². The third-order valence-corrected chi connectivity index (χ3v) is 3.40. The first-order valence-electron chi connectivity index (χ1n) is 5.69. The van der Waals surface area contributed by atoms with E-state index in [1.165, 1.54) is 17.8 Å². The van der Waals surface area contributed by atoms with Crippen LogP contribution in [0, 0.1) is 12.7 Å². The van der Waals surface area contributed by atoms with Crippen LogP contribution >= 0.6 is 11.8 Å². The maximum Gasteiger partial charge on any atom is 0.260 e. The SMILES string of the molecule is Cc1coc(Sc2c(F)cccc2CC(C)N)n1. The summed E-state index contributed by atoms with van der Waals surface area (Å²) in [5.41, 5.74) is 7.43. The summed E-state index contributed by atoms with van der Waals surface area (Å²) < 4.78 is 19.1. The Labute approximate surface area is 110 Å². The number of aromatic nitrogens is 1. The molecule has 1 unspecified atom stereocenters. The zero-order valence-corrected chi connectivity index (χ0v) is 11.1. The van der Waals surface area contributed by atoms with Gasteiger partial charge in [-0.3, -0.25) is 0 Å². The molecule has 96 valence electrons. The lowest BCUT2D eigenvalue weighted by atomic mass is 10.1. The molecule has 0 aliphatic rings. The Morgan fingerprint density at radius 3 is 2.89 bits per heavy atom. The van der Waals surface area contributed by atoms with E-state index in [2.05, 4.69) is 4.98 Å². The van der Waals surface area contributed by atoms with Gasteiger partial charge in [-0.2, -0.15) is 0 Å². The minimum atomic E-state index is -0.269. The molecule has 0 aliphatic carbocycles. The van der Waals surface area contributed by atoms with Gasteiger partial charge in [0, 0.05) is 6.04 Å². The third-order valence-electron chi connectivity index (χ3n) is 2.38. The van der Waals surface area contributed by atoms with Crippen molar-refractivity contribution in [2.24, 2.45) is 5.73 Å². The van der Waals surface area contributed by atoms with Crippen molar-refractivity contribution >= 4 is 11.8 Å². The first-order valence-corrected chi connectivity index (χ1v) is 6.51. The van der Waals surface area contributed by atoms with Gasteiger partial charge in [-0.1, -0.05) is 12.1 Å². The van der Waals surface area contributed by atoms with E-state index in [1.54, 1.807) is 12.3 Å². The molecule has 2 N–H and O–H groups in total. The van der Waals surface area contributed by atoms with Gasteiger partial charge >= 0.3 is 0 Å². The molecule has 1 heterocycles. The van der Waals surface area contributed by atoms with Gasteiger partial charge in [0.1, 0.15) is 12.1 Å². The van der Waals surface area contributed by atoms with Crippen molar-refractivity contribution in [1.82, 2.24) is 4.98 Å². The largest absolute Gasteiger partial charge is 0.439 e. The standard InChI is InChI=1S/C13H15FN2OS/c1-8(15)6-10-4-3-5-11(14)12(10)18-13-16-9(2)7-17-13/h3-5,7-8H,6,15H2,1-2H3. The van der Waals surface area contributed by atoms with Crippen LogP contribution in [0.5, 0.6) is 0 Å². The molecule has 0 amide bonds. The van der Waals surface area contributed by atoms with Gasteiger partial charge in [0.25, 0.3) is 5.22 Å². The summed E-state index contributed by atoms with van der Waals surface area (Å²) in [5.74, 6) is -0.269. The van der Waals surface area contributed by atoms with Crippen molar-refractivity contribution in [2.45, 2.75) is 36.4 Å². The Morgan fingerprint density at radius 1 is 1.50 bits per heavy atom. The highest BCUT2D eigenvalue weighted by Crippen LogP contribution is 2.32. The minimum Gasteiger partial charge on any atom is -0.439 e. The molecule has 3 nitrogen and oxygen atoms in total. The Bertz CT molecular complexity index is 540. The third kappa shape index (κ3) is 3.11. The number of oxazole rings is 1. The van der Waals surface area contributed by atoms with Crippen LogP contribution in [-0.2, 0) is 6.42 Å². The molecular weight excluding hydrogens is 251 g/mol. The van der Waals surface area contributed by atoms with Gasteiger partial charge in [0.2, 0.25) is 0 Å². The van der Waals surface area contributed by atoms with Crippen LogP contribution in [0.4, 0.5) is 4.39 Å². The minimum absolute atomic E-state index is 0.0163. The molecule has 0 bridgehead atoms. The summed E-state index contributed by atoms with van der Waals surface area (Å²) in [7, 11) is 0. The topological polar surface area (TPSA) is 52.0 Å². The highest BCUT2D eigenvalue weighted by Gasteiger charge is 2.14. The molecule has 0 fully saturated rings. The molecule has 0 saturated carbocycles. The smallest absolute Gasteiger partial charge is 0.260 e. The fourth-order valence-electron chi connectivity index (χ4n) is 1.64. The zero-order valence-electron chi connectivity index (χ0n) is 10.3. The lowest BCUT2D eigenvalue weighted by molar-refractivity contribution is 0.453. The van der Waals surface area contributed by atoms with E-state index in [-0.39, 0.29) is 11.9 Å². The fraction of sp³-hybridized carbons (Fsp3) is 0.308. The van der Waals surface area contributed by atoms with E-state index in [0.29, 0.717) is 16.5 Å². The highest BCUT2D eigenvalue weighted by molar-refractivity contribution is 7.99. The molecule has 1 aromatic carbocycles. The van der Waals surface area contributed by atoms with Crippen LogP contribution in [0.25, 0.3) is 0 Å². The summed E-state index contributed by atoms with van der Waals surface area (Å²) in [6.45, 7) is 3.73. The van der Waals surface area contributed by atoms with E-state index >= 15 is 0 Å². The molecule has 0 aliphatic heterocycles. The predicted octanol–water partition coefficient (Wildman–Crippen LogP) is 3.16. The van der Waals surface area contributed by atoms with Crippen LogP contribution in [0.3, 0.4) is 0 Å². The lowest BCUT2D eigenvalue weighted by Crippen LogP contribution is -2.18. The number of hydrogen-bond acceptors (Lipinski definition) is 4. The molecule has 1 atom stereocenters. The van der Waals surface area contributed by atoms with Gasteiger partial charge < -0.3 is 10.2 Å². The number of nitrogens with two attached hydrogens (primary N) is 1. The van der Waals surface area contributed by atoms with Gasteiger partial charge in [0.15, 0.2) is 0 Å². The molecule has 2 rings (SSSR count).